The van der Waals surface area contributed by atoms with E-state index in [1.165, 1.54) is 0 Å². The van der Waals surface area contributed by atoms with Gasteiger partial charge in [0.05, 0.1) is 19.4 Å². The number of fused-ring (bicyclic) bond motifs is 1. The molecule has 4 nitrogen and oxygen atoms in total. The zero-order chi connectivity index (χ0) is 16.4. The minimum absolute atomic E-state index is 0.143. The van der Waals surface area contributed by atoms with Crippen LogP contribution in [0.3, 0.4) is 0 Å². The molecule has 5 heteroatoms. The van der Waals surface area contributed by atoms with Crippen LogP contribution in [0.5, 0.6) is 11.5 Å². The third kappa shape index (κ3) is 3.03. The topological polar surface area (TPSA) is 47.6 Å². The number of amides is 1. The normalized spacial score (nSPS) is 14.6. The molecule has 0 aliphatic carbocycles. The highest BCUT2D eigenvalue weighted by Crippen LogP contribution is 2.36. The van der Waals surface area contributed by atoms with E-state index in [-0.39, 0.29) is 5.91 Å². The fourth-order valence-corrected chi connectivity index (χ4v) is 2.70. The Hall–Kier alpha value is -2.46. The van der Waals surface area contributed by atoms with Gasteiger partial charge >= 0.3 is 0 Å². The maximum absolute atomic E-state index is 12.2. The SMILES string of the molecule is CCOc1ccc(/C=C2/C(=O)Nc3cc(Cl)ccc32)cc1OC. The number of carbonyl (C=O) groups excluding carboxylic acids is 1. The third-order valence-electron chi connectivity index (χ3n) is 3.56. The predicted octanol–water partition coefficient (Wildman–Crippen LogP) is 4.24. The maximum Gasteiger partial charge on any atom is 0.256 e. The highest BCUT2D eigenvalue weighted by atomic mass is 35.5. The quantitative estimate of drug-likeness (QED) is 0.853. The van der Waals surface area contributed by atoms with E-state index < -0.39 is 0 Å². The van der Waals surface area contributed by atoms with E-state index >= 15 is 0 Å². The minimum atomic E-state index is -0.143. The van der Waals surface area contributed by atoms with Gasteiger partial charge in [0.15, 0.2) is 11.5 Å². The summed E-state index contributed by atoms with van der Waals surface area (Å²) in [6, 6.07) is 10.9. The number of halogens is 1. The Bertz CT molecular complexity index is 799. The smallest absolute Gasteiger partial charge is 0.256 e. The lowest BCUT2D eigenvalue weighted by molar-refractivity contribution is -0.110. The van der Waals surface area contributed by atoms with Crippen molar-refractivity contribution in [3.05, 3.63) is 52.5 Å². The first-order chi connectivity index (χ1) is 11.1. The molecular weight excluding hydrogens is 314 g/mol. The Morgan fingerprint density at radius 1 is 1.17 bits per heavy atom. The van der Waals surface area contributed by atoms with Gasteiger partial charge in [-0.05, 0) is 42.8 Å². The first kappa shape index (κ1) is 15.4. The van der Waals surface area contributed by atoms with Gasteiger partial charge < -0.3 is 14.8 Å². The fraction of sp³-hybridized carbons (Fsp3) is 0.167. The molecule has 0 atom stereocenters. The molecule has 0 spiro atoms. The molecule has 0 unspecified atom stereocenters. The summed E-state index contributed by atoms with van der Waals surface area (Å²) in [4.78, 5) is 12.2. The Labute approximate surface area is 139 Å². The van der Waals surface area contributed by atoms with E-state index in [4.69, 9.17) is 21.1 Å². The van der Waals surface area contributed by atoms with Gasteiger partial charge in [-0.1, -0.05) is 23.7 Å². The van der Waals surface area contributed by atoms with Crippen molar-refractivity contribution in [3.8, 4) is 11.5 Å². The largest absolute Gasteiger partial charge is 0.493 e. The van der Waals surface area contributed by atoms with Crippen LogP contribution in [0.15, 0.2) is 36.4 Å². The Kier molecular flexibility index (Phi) is 4.26. The molecule has 0 saturated carbocycles. The van der Waals surface area contributed by atoms with Crippen molar-refractivity contribution < 1.29 is 14.3 Å². The number of rotatable bonds is 4. The van der Waals surface area contributed by atoms with Gasteiger partial charge in [-0.15, -0.1) is 0 Å². The lowest BCUT2D eigenvalue weighted by Crippen LogP contribution is -2.03. The summed E-state index contributed by atoms with van der Waals surface area (Å²) in [5.41, 5.74) is 3.03. The molecule has 2 aromatic rings. The summed E-state index contributed by atoms with van der Waals surface area (Å²) in [7, 11) is 1.59. The number of hydrogen-bond donors (Lipinski definition) is 1. The average molecular weight is 330 g/mol. The van der Waals surface area contributed by atoms with Crippen LogP contribution >= 0.6 is 11.6 Å². The first-order valence-electron chi connectivity index (χ1n) is 7.26. The van der Waals surface area contributed by atoms with Gasteiger partial charge in [-0.3, -0.25) is 4.79 Å². The molecule has 1 heterocycles. The van der Waals surface area contributed by atoms with Crippen molar-refractivity contribution in [3.63, 3.8) is 0 Å². The van der Waals surface area contributed by atoms with E-state index in [0.717, 1.165) is 16.8 Å². The van der Waals surface area contributed by atoms with Crippen LogP contribution in [0.25, 0.3) is 11.6 Å². The van der Waals surface area contributed by atoms with Crippen LogP contribution < -0.4 is 14.8 Å². The second-order valence-electron chi connectivity index (χ2n) is 5.05. The summed E-state index contributed by atoms with van der Waals surface area (Å²) >= 11 is 5.96. The van der Waals surface area contributed by atoms with Crippen molar-refractivity contribution >= 4 is 34.8 Å². The lowest BCUT2D eigenvalue weighted by Gasteiger charge is -2.09. The fourth-order valence-electron chi connectivity index (χ4n) is 2.53. The highest BCUT2D eigenvalue weighted by molar-refractivity contribution is 6.36. The van der Waals surface area contributed by atoms with Gasteiger partial charge in [0.2, 0.25) is 0 Å². The number of nitrogens with one attached hydrogen (secondary N) is 1. The molecule has 23 heavy (non-hydrogen) atoms. The Balaban J connectivity index is 2.01. The molecule has 118 valence electrons. The maximum atomic E-state index is 12.2. The van der Waals surface area contributed by atoms with Crippen LogP contribution in [0.4, 0.5) is 5.69 Å². The molecule has 2 aromatic carbocycles. The highest BCUT2D eigenvalue weighted by Gasteiger charge is 2.24. The van der Waals surface area contributed by atoms with Gasteiger partial charge in [0.25, 0.3) is 5.91 Å². The van der Waals surface area contributed by atoms with Crippen molar-refractivity contribution in [1.29, 1.82) is 0 Å². The number of ether oxygens (including phenoxy) is 2. The predicted molar refractivity (Wildman–Crippen MR) is 92.1 cm³/mol. The lowest BCUT2D eigenvalue weighted by atomic mass is 10.0. The summed E-state index contributed by atoms with van der Waals surface area (Å²) in [5.74, 6) is 1.17. The van der Waals surface area contributed by atoms with Crippen LogP contribution in [-0.4, -0.2) is 19.6 Å². The Morgan fingerprint density at radius 3 is 2.74 bits per heavy atom. The van der Waals surface area contributed by atoms with Gasteiger partial charge in [-0.2, -0.15) is 0 Å². The van der Waals surface area contributed by atoms with Crippen LogP contribution in [-0.2, 0) is 4.79 Å². The number of carbonyl (C=O) groups is 1. The van der Waals surface area contributed by atoms with Gasteiger partial charge in [-0.25, -0.2) is 0 Å². The summed E-state index contributed by atoms with van der Waals surface area (Å²) in [5, 5.41) is 3.41. The number of anilines is 1. The zero-order valence-corrected chi connectivity index (χ0v) is 13.6. The molecule has 1 aliphatic rings. The molecule has 0 radical (unpaired) electrons. The monoisotopic (exact) mass is 329 g/mol. The van der Waals surface area contributed by atoms with Crippen molar-refractivity contribution in [2.45, 2.75) is 6.92 Å². The van der Waals surface area contributed by atoms with Crippen molar-refractivity contribution in [2.75, 3.05) is 19.0 Å². The molecule has 0 bridgehead atoms. The van der Waals surface area contributed by atoms with E-state index in [2.05, 4.69) is 5.32 Å². The Morgan fingerprint density at radius 2 is 2.00 bits per heavy atom. The molecular formula is C18H16ClNO3. The average Bonchev–Trinajstić information content (AvgIpc) is 2.84. The first-order valence-corrected chi connectivity index (χ1v) is 7.64. The summed E-state index contributed by atoms with van der Waals surface area (Å²) < 4.78 is 10.8. The van der Waals surface area contributed by atoms with Crippen molar-refractivity contribution in [2.24, 2.45) is 0 Å². The number of benzene rings is 2. The van der Waals surface area contributed by atoms with Crippen LogP contribution in [0.1, 0.15) is 18.1 Å². The second-order valence-corrected chi connectivity index (χ2v) is 5.48. The summed E-state index contributed by atoms with van der Waals surface area (Å²) in [6.45, 7) is 2.48. The molecule has 1 amide bonds. The molecule has 0 aromatic heterocycles. The van der Waals surface area contributed by atoms with Crippen LogP contribution in [0.2, 0.25) is 5.02 Å². The number of methoxy groups -OCH3 is 1. The van der Waals surface area contributed by atoms with E-state index in [1.807, 2.05) is 37.3 Å². The van der Waals surface area contributed by atoms with Crippen molar-refractivity contribution in [1.82, 2.24) is 0 Å². The van der Waals surface area contributed by atoms with E-state index in [0.29, 0.717) is 28.7 Å². The second kappa shape index (κ2) is 6.34. The molecule has 1 aliphatic heterocycles. The van der Waals surface area contributed by atoms with E-state index in [1.54, 1.807) is 19.2 Å². The van der Waals surface area contributed by atoms with Crippen LogP contribution in [0, 0.1) is 0 Å². The standard InChI is InChI=1S/C18H16ClNO3/c1-3-23-16-7-4-11(9-17(16)22-2)8-14-13-6-5-12(19)10-15(13)20-18(14)21/h4-10H,3H2,1-2H3,(H,20,21)/b14-8+. The minimum Gasteiger partial charge on any atom is -0.493 e. The number of hydrogen-bond acceptors (Lipinski definition) is 3. The van der Waals surface area contributed by atoms with E-state index in [9.17, 15) is 4.79 Å². The molecule has 1 N–H and O–H groups in total. The molecule has 0 fully saturated rings. The van der Waals surface area contributed by atoms with Gasteiger partial charge in [0, 0.05) is 16.2 Å². The third-order valence-corrected chi connectivity index (χ3v) is 3.80. The van der Waals surface area contributed by atoms with Gasteiger partial charge in [0.1, 0.15) is 0 Å². The summed E-state index contributed by atoms with van der Waals surface area (Å²) in [6.07, 6.45) is 1.83. The molecule has 0 saturated heterocycles. The molecule has 3 rings (SSSR count). The zero-order valence-electron chi connectivity index (χ0n) is 12.9.